The van der Waals surface area contributed by atoms with Gasteiger partial charge in [-0.1, -0.05) is 41.2 Å². The molecule has 8 atom stereocenters. The van der Waals surface area contributed by atoms with Gasteiger partial charge in [-0.15, -0.1) is 11.8 Å². The maximum absolute atomic E-state index is 13.3. The van der Waals surface area contributed by atoms with Crippen molar-refractivity contribution in [2.45, 2.75) is 42.5 Å². The largest absolute Gasteiger partial charge is 0.480 e. The normalized spacial score (nSPS) is 35.6. The molecular weight excluding hydrogens is 448 g/mol. The van der Waals surface area contributed by atoms with Crippen molar-refractivity contribution in [1.29, 1.82) is 0 Å². The number of aromatic nitrogens is 1. The first-order valence-corrected chi connectivity index (χ1v) is 12.5. The number of carboxylic acids is 1. The maximum Gasteiger partial charge on any atom is 0.326 e. The van der Waals surface area contributed by atoms with Crippen LogP contribution >= 0.6 is 23.1 Å². The monoisotopic (exact) mass is 470 g/mol. The first-order chi connectivity index (χ1) is 15.3. The Morgan fingerprint density at radius 2 is 1.78 bits per heavy atom. The number of benzene rings is 1. The summed E-state index contributed by atoms with van der Waals surface area (Å²) in [6.07, 6.45) is 0.798. The molecule has 2 amide bonds. The van der Waals surface area contributed by atoms with E-state index in [1.807, 2.05) is 6.92 Å². The van der Waals surface area contributed by atoms with E-state index in [9.17, 15) is 24.3 Å². The SMILES string of the molecule is Cc1ccc([C@@H]2c3sc(=O)[nH]c3S[C@@H]3[C@H]4C[C@@H]([C@@H]5C(=O)N([C@H](C)C(=O)O)C(=O)[C@H]45)[C@H]23)cc1. The van der Waals surface area contributed by atoms with E-state index in [1.54, 1.807) is 11.8 Å². The number of thioether (sulfide) groups is 1. The molecule has 1 aromatic carbocycles. The van der Waals surface area contributed by atoms with Gasteiger partial charge >= 0.3 is 10.8 Å². The summed E-state index contributed by atoms with van der Waals surface area (Å²) in [7, 11) is 0. The molecule has 0 radical (unpaired) electrons. The molecule has 6 rings (SSSR count). The van der Waals surface area contributed by atoms with Crippen LogP contribution in [0.4, 0.5) is 0 Å². The van der Waals surface area contributed by atoms with Gasteiger partial charge < -0.3 is 10.1 Å². The number of nitrogens with zero attached hydrogens (tertiary/aromatic N) is 1. The predicted molar refractivity (Wildman–Crippen MR) is 119 cm³/mol. The maximum atomic E-state index is 13.3. The molecule has 2 saturated carbocycles. The number of nitrogens with one attached hydrogen (secondary N) is 1. The highest BCUT2D eigenvalue weighted by molar-refractivity contribution is 8.00. The number of aromatic amines is 1. The van der Waals surface area contributed by atoms with Crippen LogP contribution in [0.25, 0.3) is 0 Å². The van der Waals surface area contributed by atoms with Gasteiger partial charge in [-0.2, -0.15) is 0 Å². The van der Waals surface area contributed by atoms with E-state index in [-0.39, 0.29) is 45.6 Å². The van der Waals surface area contributed by atoms with E-state index >= 15 is 0 Å². The standard InChI is InChI=1S/C23H22N2O5S2/c1-8-3-5-10(6-4-8)13-14-11-7-12(17(14)31-19-18(13)32-23(30)24-19)16-15(11)20(26)25(21(16)27)9(2)22(28)29/h3-6,9,11-17H,7H2,1-2H3,(H,24,30)(H,28,29)/t9-,11-,12+,13+,14-,15+,16-,17-/m1/s1. The number of amides is 2. The van der Waals surface area contributed by atoms with Crippen molar-refractivity contribution in [1.82, 2.24) is 9.88 Å². The van der Waals surface area contributed by atoms with Crippen LogP contribution in [-0.2, 0) is 14.4 Å². The Balaban J connectivity index is 1.45. The van der Waals surface area contributed by atoms with Crippen LogP contribution in [0.2, 0.25) is 0 Å². The molecule has 2 aromatic rings. The second-order valence-electron chi connectivity index (χ2n) is 9.43. The van der Waals surface area contributed by atoms with Crippen LogP contribution < -0.4 is 4.87 Å². The number of fused-ring (bicyclic) bond motifs is 9. The minimum Gasteiger partial charge on any atom is -0.480 e. The van der Waals surface area contributed by atoms with E-state index < -0.39 is 23.8 Å². The van der Waals surface area contributed by atoms with Crippen molar-refractivity contribution in [2.24, 2.45) is 29.6 Å². The highest BCUT2D eigenvalue weighted by Gasteiger charge is 2.70. The molecule has 9 heteroatoms. The van der Waals surface area contributed by atoms with Crippen molar-refractivity contribution < 1.29 is 19.5 Å². The molecular formula is C23H22N2O5S2. The number of hydrogen-bond donors (Lipinski definition) is 2. The zero-order chi connectivity index (χ0) is 22.5. The molecule has 1 saturated heterocycles. The third-order valence-corrected chi connectivity index (χ3v) is 10.5. The Labute approximate surface area is 192 Å². The second-order valence-corrected chi connectivity index (χ2v) is 11.6. The molecule has 3 heterocycles. The summed E-state index contributed by atoms with van der Waals surface area (Å²) in [6, 6.07) is 7.19. The molecule has 2 aliphatic heterocycles. The lowest BCUT2D eigenvalue weighted by Gasteiger charge is -2.43. The fraction of sp³-hybridized carbons (Fsp3) is 0.478. The minimum absolute atomic E-state index is 0.00148. The number of H-pyrrole nitrogens is 1. The third-order valence-electron chi connectivity index (χ3n) is 7.94. The van der Waals surface area contributed by atoms with Gasteiger partial charge in [-0.25, -0.2) is 4.79 Å². The van der Waals surface area contributed by atoms with E-state index in [2.05, 4.69) is 29.2 Å². The molecule has 3 fully saturated rings. The summed E-state index contributed by atoms with van der Waals surface area (Å²) in [6.45, 7) is 3.44. The highest BCUT2D eigenvalue weighted by atomic mass is 32.2. The molecule has 1 aromatic heterocycles. The number of carboxylic acid groups (broad SMARTS) is 1. The van der Waals surface area contributed by atoms with Crippen molar-refractivity contribution in [3.8, 4) is 0 Å². The van der Waals surface area contributed by atoms with Crippen LogP contribution in [0.1, 0.15) is 35.3 Å². The van der Waals surface area contributed by atoms with Crippen molar-refractivity contribution in [3.05, 3.63) is 49.9 Å². The van der Waals surface area contributed by atoms with E-state index in [4.69, 9.17) is 0 Å². The Morgan fingerprint density at radius 1 is 1.12 bits per heavy atom. The van der Waals surface area contributed by atoms with Crippen LogP contribution in [0, 0.1) is 36.5 Å². The number of carbonyl (C=O) groups is 3. The lowest BCUT2D eigenvalue weighted by molar-refractivity contribution is -0.154. The Hall–Kier alpha value is -2.39. The summed E-state index contributed by atoms with van der Waals surface area (Å²) in [5.74, 6) is -2.61. The van der Waals surface area contributed by atoms with Gasteiger partial charge in [0.25, 0.3) is 0 Å². The summed E-state index contributed by atoms with van der Waals surface area (Å²) in [4.78, 5) is 55.3. The van der Waals surface area contributed by atoms with E-state index in [0.29, 0.717) is 0 Å². The van der Waals surface area contributed by atoms with Crippen molar-refractivity contribution in [3.63, 3.8) is 0 Å². The van der Waals surface area contributed by atoms with E-state index in [0.717, 1.165) is 32.4 Å². The van der Waals surface area contributed by atoms with Crippen LogP contribution in [0.5, 0.6) is 0 Å². The van der Waals surface area contributed by atoms with Gasteiger partial charge in [0.2, 0.25) is 11.8 Å². The minimum atomic E-state index is -1.16. The summed E-state index contributed by atoms with van der Waals surface area (Å²) >= 11 is 2.88. The quantitative estimate of drug-likeness (QED) is 0.668. The Morgan fingerprint density at radius 3 is 2.44 bits per heavy atom. The van der Waals surface area contributed by atoms with Crippen LogP contribution in [0.3, 0.4) is 0 Å². The van der Waals surface area contributed by atoms with Crippen LogP contribution in [-0.4, -0.2) is 44.1 Å². The zero-order valence-corrected chi connectivity index (χ0v) is 19.1. The summed E-state index contributed by atoms with van der Waals surface area (Å²) < 4.78 is 0. The Kier molecular flexibility index (Phi) is 4.30. The predicted octanol–water partition coefficient (Wildman–Crippen LogP) is 2.69. The molecule has 2 N–H and O–H groups in total. The Bertz CT molecular complexity index is 1220. The number of rotatable bonds is 3. The fourth-order valence-electron chi connectivity index (χ4n) is 6.68. The topological polar surface area (TPSA) is 108 Å². The molecule has 7 nitrogen and oxygen atoms in total. The lowest BCUT2D eigenvalue weighted by Crippen LogP contribution is -2.44. The zero-order valence-electron chi connectivity index (χ0n) is 17.5. The number of aliphatic carboxylic acids is 1. The number of aryl methyl sites for hydroxylation is 1. The molecule has 2 aliphatic carbocycles. The number of thiazole rings is 1. The summed E-state index contributed by atoms with van der Waals surface area (Å²) in [5, 5.41) is 10.4. The number of carbonyl (C=O) groups excluding carboxylic acids is 2. The van der Waals surface area contributed by atoms with Gasteiger partial charge in [0.05, 0.1) is 16.9 Å². The molecule has 2 bridgehead atoms. The molecule has 0 spiro atoms. The second kappa shape index (κ2) is 6.81. The molecule has 0 unspecified atom stereocenters. The molecule has 32 heavy (non-hydrogen) atoms. The number of imide groups is 1. The first kappa shape index (κ1) is 20.2. The third kappa shape index (κ3) is 2.55. The van der Waals surface area contributed by atoms with Gasteiger partial charge in [0.15, 0.2) is 0 Å². The van der Waals surface area contributed by atoms with Gasteiger partial charge in [-0.3, -0.25) is 19.3 Å². The van der Waals surface area contributed by atoms with Crippen molar-refractivity contribution in [2.75, 3.05) is 0 Å². The van der Waals surface area contributed by atoms with E-state index in [1.165, 1.54) is 18.3 Å². The van der Waals surface area contributed by atoms with Gasteiger partial charge in [0, 0.05) is 16.0 Å². The first-order valence-electron chi connectivity index (χ1n) is 10.8. The fourth-order valence-corrected chi connectivity index (χ4v) is 9.57. The van der Waals surface area contributed by atoms with Gasteiger partial charge in [-0.05, 0) is 43.6 Å². The van der Waals surface area contributed by atoms with Crippen molar-refractivity contribution >= 4 is 40.9 Å². The number of hydrogen-bond acceptors (Lipinski definition) is 6. The molecule has 166 valence electrons. The van der Waals surface area contributed by atoms with Gasteiger partial charge in [0.1, 0.15) is 6.04 Å². The average Bonchev–Trinajstić information content (AvgIpc) is 3.47. The highest BCUT2D eigenvalue weighted by Crippen LogP contribution is 2.68. The lowest BCUT2D eigenvalue weighted by atomic mass is 9.68. The van der Waals surface area contributed by atoms with Crippen LogP contribution in [0.15, 0.2) is 34.1 Å². The smallest absolute Gasteiger partial charge is 0.326 e. The number of likely N-dealkylation sites (tertiary alicyclic amines) is 1. The molecule has 4 aliphatic rings. The summed E-state index contributed by atoms with van der Waals surface area (Å²) in [5.41, 5.74) is 2.28. The average molecular weight is 471 g/mol.